The van der Waals surface area contributed by atoms with Crippen LogP contribution in [0.4, 0.5) is 0 Å². The second kappa shape index (κ2) is 27.6. The minimum absolute atomic E-state index is 0.0706. The molecule has 2 atom stereocenters. The van der Waals surface area contributed by atoms with E-state index in [0.29, 0.717) is 45.3 Å². The van der Waals surface area contributed by atoms with Crippen LogP contribution in [0, 0.1) is 0 Å². The molecule has 4 heterocycles. The van der Waals surface area contributed by atoms with Gasteiger partial charge in [0, 0.05) is 60.3 Å². The molecule has 16 nitrogen and oxygen atoms in total. The molecule has 8 aromatic rings. The molecule has 0 radical (unpaired) electrons. The van der Waals surface area contributed by atoms with Crippen LogP contribution in [-0.4, -0.2) is 100 Å². The highest BCUT2D eigenvalue weighted by atomic mass is 16.6. The molecule has 8 aromatic carbocycles. The van der Waals surface area contributed by atoms with Gasteiger partial charge in [0.05, 0.1) is 87.9 Å². The predicted molar refractivity (Wildman–Crippen MR) is 429 cm³/mol. The van der Waals surface area contributed by atoms with Crippen LogP contribution < -0.4 is 18.9 Å². The summed E-state index contributed by atoms with van der Waals surface area (Å²) in [5, 5.41) is 0. The SMILES string of the molecule is COC(=O)C1=C(C(=O)OC)C2(c3ccccc3-c3ccccc32)[C@@H]2C=CC(C(=O)Oc3c4cc(C(C)(C)C)cc3Cc3cc(C(C)(C)C)cc(c3OC)Cc3cc(C(C)(C)C)cc(c3OC(=O)C3=CN5C(C(=O)OC)=C(C(=O)OC)C6(c7ccccc7-c7ccccc76)[C@@H]5C=C3)Cc3cc(C(C)(C)C)cc(c3OC)C4)=CN12. The second-order valence-electron chi connectivity index (χ2n) is 34.2. The molecule has 112 heavy (non-hydrogen) atoms. The van der Waals surface area contributed by atoms with Crippen molar-refractivity contribution in [2.75, 3.05) is 42.7 Å². The lowest BCUT2D eigenvalue weighted by Gasteiger charge is -2.38. The molecular weight excluding hydrogens is 1410 g/mol. The molecule has 0 saturated heterocycles. The molecular formula is C96H94N2O14. The van der Waals surface area contributed by atoms with E-state index in [9.17, 15) is 19.2 Å². The molecule has 4 aliphatic heterocycles. The number of ether oxygens (including phenoxy) is 8. The second-order valence-corrected chi connectivity index (χ2v) is 34.2. The van der Waals surface area contributed by atoms with Crippen molar-refractivity contribution in [3.8, 4) is 45.3 Å². The fourth-order valence-corrected chi connectivity index (χ4v) is 18.2. The van der Waals surface area contributed by atoms with Crippen molar-refractivity contribution >= 4 is 35.8 Å². The first-order chi connectivity index (χ1) is 53.2. The number of hydrogen-bond donors (Lipinski definition) is 0. The first-order valence-corrected chi connectivity index (χ1v) is 38.0. The number of benzene rings is 8. The van der Waals surface area contributed by atoms with Crippen molar-refractivity contribution in [3.05, 3.63) is 305 Å². The number of esters is 6. The molecule has 3 aliphatic carbocycles. The standard InChI is InChI=1S/C96H94N2O14/c1-91(2,3)63-43-55-39-59-47-65(93(7,8)9)49-61(83(59)111-85(99)53-35-37-75-95(77(87(101)107-15)79(89(103)109-17)97(75)51-53)71-31-23-19-27-67(71)68-28-20-24-32-72(68)95)41-57-45-64(92(4,5)6)46-58(82(57)106-14)42-62-50-66(94(10,11)12)48-60(40-56(44-63)81(55)105-13)84(62)112-86(100)54-36-38-76-96(78(88(102)108-16)80(90(104)110-18)98(76)52-54)73-33-25-21-29-69(73)70-30-22-26-34-74(70)96/h19-38,43-52,75-76H,39-42H2,1-18H3/t75-,76-/m0/s1. The van der Waals surface area contributed by atoms with Gasteiger partial charge in [-0.15, -0.1) is 0 Å². The van der Waals surface area contributed by atoms with Gasteiger partial charge in [0.25, 0.3) is 0 Å². The largest absolute Gasteiger partial charge is 0.496 e. The first-order valence-electron chi connectivity index (χ1n) is 38.0. The van der Waals surface area contributed by atoms with Gasteiger partial charge in [-0.25, -0.2) is 28.8 Å². The van der Waals surface area contributed by atoms with E-state index in [4.69, 9.17) is 37.9 Å². The average Bonchev–Trinajstić information content (AvgIpc) is 1.51. The summed E-state index contributed by atoms with van der Waals surface area (Å²) in [5.41, 5.74) is 12.4. The van der Waals surface area contributed by atoms with Crippen molar-refractivity contribution in [3.63, 3.8) is 0 Å². The summed E-state index contributed by atoms with van der Waals surface area (Å²) in [6.07, 6.45) is 11.1. The lowest BCUT2D eigenvalue weighted by molar-refractivity contribution is -0.140. The number of hydrogen-bond acceptors (Lipinski definition) is 16. The summed E-state index contributed by atoms with van der Waals surface area (Å²) in [4.78, 5) is 94.0. The van der Waals surface area contributed by atoms with Crippen LogP contribution in [0.3, 0.4) is 0 Å². The van der Waals surface area contributed by atoms with E-state index in [2.05, 4.69) is 132 Å². The van der Waals surface area contributed by atoms with Crippen LogP contribution in [0.5, 0.6) is 23.0 Å². The van der Waals surface area contributed by atoms with Gasteiger partial charge < -0.3 is 47.7 Å². The highest BCUT2D eigenvalue weighted by Crippen LogP contribution is 2.63. The number of carbonyl (C=O) groups excluding carboxylic acids is 6. The molecule has 15 rings (SSSR count). The normalized spacial score (nSPS) is 17.3. The van der Waals surface area contributed by atoms with Crippen molar-refractivity contribution < 1.29 is 66.7 Å². The van der Waals surface area contributed by atoms with Crippen LogP contribution in [0.25, 0.3) is 22.3 Å². The molecule has 2 spiro atoms. The summed E-state index contributed by atoms with van der Waals surface area (Å²) in [6, 6.07) is 47.0. The van der Waals surface area contributed by atoms with Crippen molar-refractivity contribution in [2.45, 2.75) is 153 Å². The maximum absolute atomic E-state index is 16.0. The molecule has 0 saturated carbocycles. The fraction of sp³-hybridized carbons (Fsp3) is 0.312. The lowest BCUT2D eigenvalue weighted by atomic mass is 9.68. The number of methoxy groups -OCH3 is 6. The Kier molecular flexibility index (Phi) is 18.6. The highest BCUT2D eigenvalue weighted by Gasteiger charge is 2.64. The first kappa shape index (κ1) is 75.6. The minimum Gasteiger partial charge on any atom is -0.496 e. The third kappa shape index (κ3) is 12.0. The number of fused-ring (bicyclic) bond motifs is 22. The number of rotatable bonds is 10. The van der Waals surface area contributed by atoms with Crippen molar-refractivity contribution in [1.82, 2.24) is 9.80 Å². The summed E-state index contributed by atoms with van der Waals surface area (Å²) in [5.74, 6) is -2.72. The Morgan fingerprint density at radius 2 is 0.571 bits per heavy atom. The molecule has 16 heteroatoms. The van der Waals surface area contributed by atoms with E-state index in [1.165, 1.54) is 28.4 Å². The topological polar surface area (TPSA) is 183 Å². The van der Waals surface area contributed by atoms with Gasteiger partial charge in [-0.05, 0) is 123 Å². The van der Waals surface area contributed by atoms with E-state index in [-0.39, 0.29) is 59.4 Å². The number of carbonyl (C=O) groups is 6. The quantitative estimate of drug-likeness (QED) is 0.0715. The van der Waals surface area contributed by atoms with Crippen LogP contribution in [0.1, 0.15) is 172 Å². The smallest absolute Gasteiger partial charge is 0.355 e. The Labute approximate surface area is 655 Å². The Bertz CT molecular complexity index is 5060. The van der Waals surface area contributed by atoms with Gasteiger partial charge in [-0.2, -0.15) is 0 Å². The van der Waals surface area contributed by atoms with Crippen molar-refractivity contribution in [2.24, 2.45) is 0 Å². The van der Waals surface area contributed by atoms with E-state index in [1.54, 1.807) is 48.6 Å². The molecule has 0 aromatic heterocycles. The zero-order chi connectivity index (χ0) is 79.8. The Hall–Kier alpha value is -11.8. The van der Waals surface area contributed by atoms with Gasteiger partial charge in [-0.3, -0.25) is 0 Å². The predicted octanol–water partition coefficient (Wildman–Crippen LogP) is 16.8. The molecule has 0 amide bonds. The molecule has 0 N–H and O–H groups in total. The van der Waals surface area contributed by atoms with E-state index in [1.807, 2.05) is 109 Å². The monoisotopic (exact) mass is 1500 g/mol. The van der Waals surface area contributed by atoms with Gasteiger partial charge in [-0.1, -0.05) is 241 Å². The average molecular weight is 1500 g/mol. The molecule has 572 valence electrons. The third-order valence-electron chi connectivity index (χ3n) is 23.5. The molecule has 7 aliphatic rings. The van der Waals surface area contributed by atoms with Crippen molar-refractivity contribution in [1.29, 1.82) is 0 Å². The highest BCUT2D eigenvalue weighted by molar-refractivity contribution is 6.09. The maximum Gasteiger partial charge on any atom is 0.355 e. The van der Waals surface area contributed by atoms with Crippen LogP contribution >= 0.6 is 0 Å². The Morgan fingerprint density at radius 1 is 0.330 bits per heavy atom. The third-order valence-corrected chi connectivity index (χ3v) is 23.5. The van der Waals surface area contributed by atoms with Gasteiger partial charge in [0.1, 0.15) is 34.4 Å². The van der Waals surface area contributed by atoms with Gasteiger partial charge >= 0.3 is 35.8 Å². The summed E-state index contributed by atoms with van der Waals surface area (Å²) < 4.78 is 50.0. The Balaban J connectivity index is 0.907. The van der Waals surface area contributed by atoms with Gasteiger partial charge in [0.2, 0.25) is 0 Å². The van der Waals surface area contributed by atoms with E-state index < -0.39 is 80.4 Å². The zero-order valence-corrected chi connectivity index (χ0v) is 66.9. The van der Waals surface area contributed by atoms with E-state index >= 15 is 9.59 Å². The molecule has 0 unspecified atom stereocenters. The van der Waals surface area contributed by atoms with Crippen LogP contribution in [0.15, 0.2) is 216 Å². The molecule has 0 fully saturated rings. The Morgan fingerprint density at radius 3 is 0.804 bits per heavy atom. The van der Waals surface area contributed by atoms with Crippen LogP contribution in [0.2, 0.25) is 0 Å². The van der Waals surface area contributed by atoms with E-state index in [0.717, 1.165) is 89.0 Å². The summed E-state index contributed by atoms with van der Waals surface area (Å²) >= 11 is 0. The lowest BCUT2D eigenvalue weighted by Crippen LogP contribution is -2.44. The molecule has 8 bridgehead atoms. The number of nitrogens with zero attached hydrogens (tertiary/aromatic N) is 2. The van der Waals surface area contributed by atoms with Crippen LogP contribution in [-0.2, 0) is 106 Å². The maximum atomic E-state index is 16.0. The summed E-state index contributed by atoms with van der Waals surface area (Å²) in [7, 11) is 8.44. The van der Waals surface area contributed by atoms with Gasteiger partial charge in [0.15, 0.2) is 0 Å². The fourth-order valence-electron chi connectivity index (χ4n) is 18.2. The summed E-state index contributed by atoms with van der Waals surface area (Å²) in [6.45, 7) is 25.9. The zero-order valence-electron chi connectivity index (χ0n) is 66.9. The minimum atomic E-state index is -1.28.